The van der Waals surface area contributed by atoms with Gasteiger partial charge in [-0.25, -0.2) is 0 Å². The smallest absolute Gasteiger partial charge is 0.229 e. The average Bonchev–Trinajstić information content (AvgIpc) is 3.16. The molecule has 1 N–H and O–H groups in total. The number of aromatic amines is 1. The number of fused-ring (bicyclic) bond motifs is 1. The number of benzene rings is 2. The predicted octanol–water partition coefficient (Wildman–Crippen LogP) is 3.93. The molecule has 1 aromatic heterocycles. The summed E-state index contributed by atoms with van der Waals surface area (Å²) in [7, 11) is 0. The van der Waals surface area contributed by atoms with Crippen LogP contribution in [-0.4, -0.2) is 21.8 Å². The highest BCUT2D eigenvalue weighted by Crippen LogP contribution is 2.33. The summed E-state index contributed by atoms with van der Waals surface area (Å²) < 4.78 is 1.01. The van der Waals surface area contributed by atoms with Crippen LogP contribution in [-0.2, 0) is 11.2 Å². The van der Waals surface area contributed by atoms with Gasteiger partial charge in [-0.2, -0.15) is 5.10 Å². The van der Waals surface area contributed by atoms with Gasteiger partial charge >= 0.3 is 0 Å². The van der Waals surface area contributed by atoms with Crippen LogP contribution in [0.15, 0.2) is 59.1 Å². The molecule has 1 aliphatic rings. The lowest BCUT2D eigenvalue weighted by Crippen LogP contribution is -2.14. The molecular weight excluding hydrogens is 368 g/mol. The molecule has 0 aliphatic heterocycles. The number of rotatable bonds is 3. The van der Waals surface area contributed by atoms with E-state index in [9.17, 15) is 9.59 Å². The molecule has 1 aliphatic carbocycles. The molecule has 1 atom stereocenters. The van der Waals surface area contributed by atoms with Crippen LogP contribution in [0.4, 0.5) is 0 Å². The van der Waals surface area contributed by atoms with Gasteiger partial charge in [0.25, 0.3) is 0 Å². The zero-order chi connectivity index (χ0) is 16.7. The maximum Gasteiger partial charge on any atom is 0.229 e. The SMILES string of the molecule is O=C1C(=O)C(Cc2cc(-c3ccc(Br)cc3)n[nH]2)c2ccccc21. The van der Waals surface area contributed by atoms with Crippen molar-refractivity contribution in [3.63, 3.8) is 0 Å². The standard InChI is InChI=1S/C19H13BrN2O2/c20-12-7-5-11(6-8-12)17-10-13(21-22-17)9-16-14-3-1-2-4-15(14)18(23)19(16)24/h1-8,10,16H,9H2,(H,21,22). The number of hydrogen-bond donors (Lipinski definition) is 1. The van der Waals surface area contributed by atoms with Gasteiger partial charge < -0.3 is 0 Å². The lowest BCUT2D eigenvalue weighted by atomic mass is 9.95. The highest BCUT2D eigenvalue weighted by Gasteiger charge is 2.38. The van der Waals surface area contributed by atoms with E-state index in [2.05, 4.69) is 26.1 Å². The summed E-state index contributed by atoms with van der Waals surface area (Å²) in [5.74, 6) is -1.15. The highest BCUT2D eigenvalue weighted by atomic mass is 79.9. The van der Waals surface area contributed by atoms with E-state index in [-0.39, 0.29) is 11.6 Å². The Morgan fingerprint density at radius 1 is 1.04 bits per heavy atom. The van der Waals surface area contributed by atoms with Crippen molar-refractivity contribution in [1.29, 1.82) is 0 Å². The van der Waals surface area contributed by atoms with Crippen LogP contribution in [0.5, 0.6) is 0 Å². The van der Waals surface area contributed by atoms with Crippen molar-refractivity contribution in [3.05, 3.63) is 75.9 Å². The number of Topliss-reactive ketones (excluding diaryl/α,β-unsaturated/α-hetero) is 2. The Bertz CT molecular complexity index is 944. The minimum atomic E-state index is -0.424. The van der Waals surface area contributed by atoms with E-state index in [4.69, 9.17) is 0 Å². The molecule has 1 unspecified atom stereocenters. The Morgan fingerprint density at radius 3 is 2.58 bits per heavy atom. The quantitative estimate of drug-likeness (QED) is 0.700. The van der Waals surface area contributed by atoms with Crippen LogP contribution in [0.1, 0.15) is 27.5 Å². The van der Waals surface area contributed by atoms with E-state index in [1.807, 2.05) is 42.5 Å². The van der Waals surface area contributed by atoms with Gasteiger partial charge in [-0.1, -0.05) is 52.3 Å². The fourth-order valence-electron chi connectivity index (χ4n) is 3.10. The number of ketones is 2. The van der Waals surface area contributed by atoms with Crippen LogP contribution in [0.25, 0.3) is 11.3 Å². The molecule has 2 aromatic carbocycles. The van der Waals surface area contributed by atoms with Crippen molar-refractivity contribution >= 4 is 27.5 Å². The molecular formula is C19H13BrN2O2. The molecule has 3 aromatic rings. The van der Waals surface area contributed by atoms with Crippen molar-refractivity contribution in [3.8, 4) is 11.3 Å². The zero-order valence-corrected chi connectivity index (χ0v) is 14.2. The molecule has 1 heterocycles. The minimum Gasteiger partial charge on any atom is -0.290 e. The van der Waals surface area contributed by atoms with E-state index in [1.165, 1.54) is 0 Å². The van der Waals surface area contributed by atoms with Crippen molar-refractivity contribution in [1.82, 2.24) is 10.2 Å². The Labute approximate surface area is 147 Å². The largest absolute Gasteiger partial charge is 0.290 e. The molecule has 4 nitrogen and oxygen atoms in total. The van der Waals surface area contributed by atoms with Gasteiger partial charge in [0.1, 0.15) is 0 Å². The van der Waals surface area contributed by atoms with Crippen LogP contribution < -0.4 is 0 Å². The van der Waals surface area contributed by atoms with Crippen molar-refractivity contribution in [2.75, 3.05) is 0 Å². The van der Waals surface area contributed by atoms with Crippen molar-refractivity contribution in [2.45, 2.75) is 12.3 Å². The summed E-state index contributed by atoms with van der Waals surface area (Å²) >= 11 is 3.41. The summed E-state index contributed by atoms with van der Waals surface area (Å²) in [6.45, 7) is 0. The maximum atomic E-state index is 12.3. The van der Waals surface area contributed by atoms with Crippen LogP contribution in [0, 0.1) is 0 Å². The third-order valence-corrected chi connectivity index (χ3v) is 4.84. The minimum absolute atomic E-state index is 0.337. The number of nitrogens with zero attached hydrogens (tertiary/aromatic N) is 1. The summed E-state index contributed by atoms with van der Waals surface area (Å²) in [5.41, 5.74) is 4.00. The monoisotopic (exact) mass is 380 g/mol. The van der Waals surface area contributed by atoms with E-state index < -0.39 is 5.92 Å². The molecule has 5 heteroatoms. The Morgan fingerprint density at radius 2 is 1.79 bits per heavy atom. The molecule has 0 fully saturated rings. The third-order valence-electron chi connectivity index (χ3n) is 4.32. The molecule has 24 heavy (non-hydrogen) atoms. The topological polar surface area (TPSA) is 62.8 Å². The van der Waals surface area contributed by atoms with Gasteiger partial charge in [0.15, 0.2) is 0 Å². The molecule has 0 radical (unpaired) electrons. The zero-order valence-electron chi connectivity index (χ0n) is 12.6. The van der Waals surface area contributed by atoms with Gasteiger partial charge in [0, 0.05) is 27.7 Å². The maximum absolute atomic E-state index is 12.3. The Hall–Kier alpha value is -2.53. The van der Waals surface area contributed by atoms with Gasteiger partial charge in [-0.3, -0.25) is 14.7 Å². The van der Waals surface area contributed by atoms with Gasteiger partial charge in [0.05, 0.1) is 11.6 Å². The average molecular weight is 381 g/mol. The van der Waals surface area contributed by atoms with E-state index in [0.29, 0.717) is 12.0 Å². The first-order valence-corrected chi connectivity index (χ1v) is 8.40. The van der Waals surface area contributed by atoms with Gasteiger partial charge in [-0.05, 0) is 23.8 Å². The molecule has 0 saturated carbocycles. The Balaban J connectivity index is 1.62. The normalized spacial score (nSPS) is 16.5. The van der Waals surface area contributed by atoms with Crippen molar-refractivity contribution < 1.29 is 9.59 Å². The van der Waals surface area contributed by atoms with Crippen LogP contribution in [0.3, 0.4) is 0 Å². The number of aromatic nitrogens is 2. The second kappa shape index (κ2) is 5.83. The Kier molecular flexibility index (Phi) is 3.65. The first-order valence-electron chi connectivity index (χ1n) is 7.61. The van der Waals surface area contributed by atoms with Crippen LogP contribution >= 0.6 is 15.9 Å². The first kappa shape index (κ1) is 15.0. The van der Waals surface area contributed by atoms with Gasteiger partial charge in [-0.15, -0.1) is 0 Å². The third kappa shape index (κ3) is 2.51. The summed E-state index contributed by atoms with van der Waals surface area (Å²) in [6.07, 6.45) is 0.450. The summed E-state index contributed by atoms with van der Waals surface area (Å²) in [4.78, 5) is 24.4. The van der Waals surface area contributed by atoms with E-state index >= 15 is 0 Å². The van der Waals surface area contributed by atoms with E-state index in [1.54, 1.807) is 12.1 Å². The molecule has 4 rings (SSSR count). The number of halogens is 1. The number of nitrogens with one attached hydrogen (secondary N) is 1. The number of carbonyl (C=O) groups excluding carboxylic acids is 2. The summed E-state index contributed by atoms with van der Waals surface area (Å²) in [6, 6.07) is 17.0. The fourth-order valence-corrected chi connectivity index (χ4v) is 3.36. The number of hydrogen-bond acceptors (Lipinski definition) is 3. The first-order chi connectivity index (χ1) is 11.6. The summed E-state index contributed by atoms with van der Waals surface area (Å²) in [5, 5.41) is 7.31. The second-order valence-corrected chi connectivity index (χ2v) is 6.74. The van der Waals surface area contributed by atoms with E-state index in [0.717, 1.165) is 27.0 Å². The lowest BCUT2D eigenvalue weighted by molar-refractivity contribution is -0.115. The van der Waals surface area contributed by atoms with Crippen molar-refractivity contribution in [2.24, 2.45) is 0 Å². The molecule has 0 amide bonds. The number of carbonyl (C=O) groups is 2. The lowest BCUT2D eigenvalue weighted by Gasteiger charge is -2.07. The molecule has 118 valence electrons. The predicted molar refractivity (Wildman–Crippen MR) is 93.9 cm³/mol. The molecule has 0 saturated heterocycles. The fraction of sp³-hybridized carbons (Fsp3) is 0.105. The second-order valence-electron chi connectivity index (χ2n) is 5.82. The number of H-pyrrole nitrogens is 1. The van der Waals surface area contributed by atoms with Gasteiger partial charge in [0.2, 0.25) is 11.6 Å². The molecule has 0 spiro atoms. The molecule has 0 bridgehead atoms. The highest BCUT2D eigenvalue weighted by molar-refractivity contribution is 9.10. The van der Waals surface area contributed by atoms with Crippen LogP contribution in [0.2, 0.25) is 0 Å².